The van der Waals surface area contributed by atoms with Crippen molar-refractivity contribution in [3.05, 3.63) is 116 Å². The minimum atomic E-state index is -5.50. The summed E-state index contributed by atoms with van der Waals surface area (Å²) in [6.07, 6.45) is 0. The molecule has 6 N–H and O–H groups in total. The Morgan fingerprint density at radius 2 is 0.733 bits per heavy atom. The van der Waals surface area contributed by atoms with E-state index >= 15 is 0 Å². The molecular formula is C38H20Cl2K3N12Na3O22S6. The molecule has 34 nitrogen and oxygen atoms in total. The van der Waals surface area contributed by atoms with Crippen molar-refractivity contribution in [1.29, 1.82) is 0 Å². The van der Waals surface area contributed by atoms with Crippen molar-refractivity contribution in [2.75, 3.05) is 10.6 Å². The fraction of sp³-hybridized carbons (Fsp3) is 0. The van der Waals surface area contributed by atoms with E-state index in [0.717, 1.165) is 24.3 Å². The van der Waals surface area contributed by atoms with E-state index in [4.69, 9.17) is 23.2 Å². The van der Waals surface area contributed by atoms with Crippen LogP contribution in [0.3, 0.4) is 0 Å². The van der Waals surface area contributed by atoms with Crippen molar-refractivity contribution in [2.45, 2.75) is 29.4 Å². The van der Waals surface area contributed by atoms with Gasteiger partial charge in [-0.3, -0.25) is 9.97 Å². The van der Waals surface area contributed by atoms with E-state index in [0.29, 0.717) is 36.4 Å². The van der Waals surface area contributed by atoms with Crippen LogP contribution in [-0.4, -0.2) is 118 Å². The van der Waals surface area contributed by atoms with E-state index < -0.39 is 191 Å². The molecule has 0 fully saturated rings. The van der Waals surface area contributed by atoms with E-state index in [1.54, 1.807) is 0 Å². The van der Waals surface area contributed by atoms with Crippen LogP contribution in [0.25, 0.3) is 21.5 Å². The molecule has 0 spiro atoms. The summed E-state index contributed by atoms with van der Waals surface area (Å²) in [5.41, 5.74) is -6.28. The van der Waals surface area contributed by atoms with Crippen LogP contribution in [0.2, 0.25) is 10.6 Å². The minimum absolute atomic E-state index is 0. The second-order valence-corrected chi connectivity index (χ2v) is 24.0. The number of phenols is 2. The monoisotopic (exact) mass is 1440 g/mol. The number of halogens is 2. The van der Waals surface area contributed by atoms with Gasteiger partial charge in [-0.25, -0.2) is 60.1 Å². The van der Waals surface area contributed by atoms with E-state index in [2.05, 4.69) is 51.0 Å². The van der Waals surface area contributed by atoms with Crippen LogP contribution in [0.15, 0.2) is 144 Å². The van der Waals surface area contributed by atoms with Crippen molar-refractivity contribution in [1.82, 2.24) is 29.9 Å². The Morgan fingerprint density at radius 1 is 0.430 bits per heavy atom. The van der Waals surface area contributed by atoms with Gasteiger partial charge >= 0.3 is 254 Å². The number of H-pyrrole nitrogens is 2. The zero-order valence-electron chi connectivity index (χ0n) is 43.9. The molecule has 86 heavy (non-hydrogen) atoms. The number of nitrogens with one attached hydrogen (secondary N) is 4. The van der Waals surface area contributed by atoms with E-state index in [9.17, 15) is 97.6 Å². The fourth-order valence-electron chi connectivity index (χ4n) is 6.76. The number of hydrogen-bond donors (Lipinski definition) is 6. The molecule has 0 atom stereocenters. The first-order chi connectivity index (χ1) is 36.9. The molecule has 0 saturated heterocycles. The average Bonchev–Trinajstić information content (AvgIpc) is 1.38. The molecule has 2 heterocycles. The van der Waals surface area contributed by atoms with Crippen molar-refractivity contribution in [3.63, 3.8) is 0 Å². The molecule has 0 aliphatic carbocycles. The summed E-state index contributed by atoms with van der Waals surface area (Å²) >= 11 is 11.3. The third-order valence-corrected chi connectivity index (χ3v) is 15.3. The van der Waals surface area contributed by atoms with Crippen LogP contribution >= 0.6 is 23.2 Å². The molecule has 6 aromatic carbocycles. The molecule has 0 saturated carbocycles. The van der Waals surface area contributed by atoms with Gasteiger partial charge in [0.2, 0.25) is 22.5 Å². The number of aromatic amines is 2. The van der Waals surface area contributed by atoms with Gasteiger partial charge in [0.1, 0.15) is 83.5 Å². The number of nitrogens with zero attached hydrogens (tertiary/aromatic N) is 8. The standard InChI is InChI=1S/2C19H13ClN6O11S3.3K.3Na/c2*20-17-22-18(24-19(28)23-17)21-11-7-9(38(29,30)31)5-8-6-13(40(35,36)37)15(16(27)14(8)11)26-25-10-3-1-2-4-12(10)39(32,33)34;;;;;;/h2*1-7,27H,(H,29,30,31)(H,32,33,34)(H,35,36,37)(H2,21,22,23,24,28);;;;;;/q;;6*+1/p-6. The number of benzene rings is 6. The fourth-order valence-corrected chi connectivity index (χ4v) is 10.7. The Balaban J connectivity index is 0.000000804. The number of aromatic nitrogens is 6. The van der Waals surface area contributed by atoms with Gasteiger partial charge in [0.25, 0.3) is 0 Å². The third-order valence-electron chi connectivity index (χ3n) is 9.88. The Hall–Kier alpha value is -0.191. The van der Waals surface area contributed by atoms with Crippen LogP contribution in [0.4, 0.5) is 46.0 Å². The van der Waals surface area contributed by atoms with Gasteiger partial charge in [-0.05, 0) is 94.6 Å². The molecule has 2 aromatic heterocycles. The van der Waals surface area contributed by atoms with Crippen molar-refractivity contribution in [2.24, 2.45) is 20.5 Å². The van der Waals surface area contributed by atoms with Crippen molar-refractivity contribution in [3.8, 4) is 11.5 Å². The SMILES string of the molecule is O=c1nc(Nc2cc(S(=O)(=O)[O-])cc3cc(S(=O)(=O)[O-])c(N=Nc4ccccc4S(=O)(=O)[O-])c(O)c23)nc(Cl)[nH]1.O=c1nc(Nc2cc(S(=O)(=O)[O-])cc3cc(S(=O)(=O)[O-])c(N=Nc4ccccc4S(=O)(=O)[O-])c(O)c23)nc(Cl)[nH]1.[K+].[K+].[K+].[Na+].[Na+].[Na+]. The Bertz CT molecular complexity index is 4570. The van der Waals surface area contributed by atoms with Crippen molar-refractivity contribution >= 4 is 151 Å². The summed E-state index contributed by atoms with van der Waals surface area (Å²) in [7, 11) is -31.6. The number of aromatic hydroxyl groups is 2. The van der Waals surface area contributed by atoms with Crippen LogP contribution in [0, 0.1) is 0 Å². The number of hydrogen-bond acceptors (Lipinski definition) is 32. The predicted molar refractivity (Wildman–Crippen MR) is 262 cm³/mol. The van der Waals surface area contributed by atoms with Gasteiger partial charge < -0.3 is 48.2 Å². The first kappa shape index (κ1) is 83.8. The summed E-state index contributed by atoms with van der Waals surface area (Å²) in [5, 5.41) is 37.9. The largest absolute Gasteiger partial charge is 1.00 e. The van der Waals surface area contributed by atoms with Gasteiger partial charge in [-0.1, -0.05) is 24.3 Å². The van der Waals surface area contributed by atoms with Gasteiger partial charge in [0, 0.05) is 10.8 Å². The van der Waals surface area contributed by atoms with E-state index in [-0.39, 0.29) is 243 Å². The van der Waals surface area contributed by atoms with E-state index in [1.807, 2.05) is 9.97 Å². The minimum Gasteiger partial charge on any atom is -0.744 e. The quantitative estimate of drug-likeness (QED) is 0.0334. The first-order valence-electron chi connectivity index (χ1n) is 20.2. The molecule has 8 aromatic rings. The van der Waals surface area contributed by atoms with E-state index in [1.165, 1.54) is 24.3 Å². The molecular weight excluding hydrogens is 1430 g/mol. The predicted octanol–water partition coefficient (Wildman–Crippen LogP) is -14.9. The van der Waals surface area contributed by atoms with Gasteiger partial charge in [0.15, 0.2) is 11.5 Å². The zero-order valence-corrected chi connectivity index (χ0v) is 65.7. The summed E-state index contributed by atoms with van der Waals surface area (Å²) in [6, 6.07) is 12.4. The van der Waals surface area contributed by atoms with Crippen LogP contribution in [0.5, 0.6) is 11.5 Å². The average molecular weight is 1450 g/mol. The third kappa shape index (κ3) is 21.4. The van der Waals surface area contributed by atoms with Crippen LogP contribution in [0.1, 0.15) is 0 Å². The van der Waals surface area contributed by atoms with Crippen LogP contribution in [-0.2, 0) is 60.7 Å². The molecule has 0 aliphatic heterocycles. The van der Waals surface area contributed by atoms with Gasteiger partial charge in [0.05, 0.1) is 40.7 Å². The maximum absolute atomic E-state index is 12.0. The molecule has 0 radical (unpaired) electrons. The number of rotatable bonds is 14. The smallest absolute Gasteiger partial charge is 0.744 e. The summed E-state index contributed by atoms with van der Waals surface area (Å²) in [4.78, 5) is 35.4. The molecule has 0 unspecified atom stereocenters. The van der Waals surface area contributed by atoms with Gasteiger partial charge in [-0.15, -0.1) is 20.5 Å². The van der Waals surface area contributed by atoms with Gasteiger partial charge in [-0.2, -0.15) is 19.9 Å². The van der Waals surface area contributed by atoms with Crippen molar-refractivity contribution < 1.29 is 331 Å². The zero-order chi connectivity index (χ0) is 59.2. The summed E-state index contributed by atoms with van der Waals surface area (Å²) in [5.74, 6) is -3.39. The first-order valence-corrected chi connectivity index (χ1v) is 29.4. The second kappa shape index (κ2) is 33.3. The Morgan fingerprint density at radius 3 is 1.01 bits per heavy atom. The maximum Gasteiger partial charge on any atom is 1.00 e. The summed E-state index contributed by atoms with van der Waals surface area (Å²) in [6.45, 7) is 0. The second-order valence-electron chi connectivity index (χ2n) is 15.1. The summed E-state index contributed by atoms with van der Waals surface area (Å²) < 4.78 is 212. The maximum atomic E-state index is 12.0. The Kier molecular flexibility index (Phi) is 32.4. The topological polar surface area (TPSA) is 574 Å². The van der Waals surface area contributed by atoms with Crippen LogP contribution < -0.4 is 265 Å². The Labute approximate surface area is 687 Å². The molecule has 0 aliphatic rings. The number of anilines is 4. The normalized spacial score (nSPS) is 11.8. The molecule has 48 heteroatoms. The molecule has 0 bridgehead atoms. The number of fused-ring (bicyclic) bond motifs is 2. The number of azo groups is 2. The molecule has 8 rings (SSSR count). The number of phenolic OH excluding ortho intramolecular Hbond substituents is 2. The molecule has 420 valence electrons. The molecule has 0 amide bonds.